The van der Waals surface area contributed by atoms with Crippen molar-refractivity contribution in [1.82, 2.24) is 10.3 Å². The van der Waals surface area contributed by atoms with E-state index < -0.39 is 9.84 Å². The van der Waals surface area contributed by atoms with Crippen LogP contribution in [0.25, 0.3) is 0 Å². The first-order valence-corrected chi connectivity index (χ1v) is 9.27. The second kappa shape index (κ2) is 7.36. The summed E-state index contributed by atoms with van der Waals surface area (Å²) in [5.41, 5.74) is 0.947. The number of nitrogens with one attached hydrogen (secondary N) is 1. The van der Waals surface area contributed by atoms with E-state index in [0.717, 1.165) is 30.1 Å². The van der Waals surface area contributed by atoms with Crippen LogP contribution in [-0.4, -0.2) is 25.2 Å². The summed E-state index contributed by atoms with van der Waals surface area (Å²) in [5, 5.41) is 3.73. The van der Waals surface area contributed by atoms with Crippen LogP contribution < -0.4 is 5.32 Å². The molecule has 0 bridgehead atoms. The van der Waals surface area contributed by atoms with E-state index in [1.807, 2.05) is 6.92 Å². The van der Waals surface area contributed by atoms with E-state index in [1.54, 1.807) is 13.8 Å². The molecule has 19 heavy (non-hydrogen) atoms. The molecule has 0 saturated heterocycles. The summed E-state index contributed by atoms with van der Waals surface area (Å²) in [5.74, 6) is 0.0606. The summed E-state index contributed by atoms with van der Waals surface area (Å²) in [6, 6.07) is 0. The second-order valence-corrected chi connectivity index (χ2v) is 8.73. The molecular formula is C13H24N2O2S2. The molecule has 1 heterocycles. The van der Waals surface area contributed by atoms with Crippen LogP contribution in [-0.2, 0) is 22.1 Å². The number of rotatable bonds is 8. The normalized spacial score (nSPS) is 12.3. The van der Waals surface area contributed by atoms with Gasteiger partial charge in [0.15, 0.2) is 9.84 Å². The number of aromatic nitrogens is 1. The van der Waals surface area contributed by atoms with Gasteiger partial charge in [-0.05, 0) is 33.7 Å². The summed E-state index contributed by atoms with van der Waals surface area (Å²) >= 11 is 1.51. The third kappa shape index (κ3) is 5.20. The van der Waals surface area contributed by atoms with Crippen molar-refractivity contribution in [3.05, 3.63) is 15.6 Å². The van der Waals surface area contributed by atoms with Crippen LogP contribution in [0.3, 0.4) is 0 Å². The minimum Gasteiger partial charge on any atom is -0.312 e. The Hall–Kier alpha value is -0.460. The molecule has 0 aliphatic carbocycles. The van der Waals surface area contributed by atoms with E-state index in [0.29, 0.717) is 5.01 Å². The highest BCUT2D eigenvalue weighted by Gasteiger charge is 2.19. The smallest absolute Gasteiger partial charge is 0.159 e. The Morgan fingerprint density at radius 1 is 1.37 bits per heavy atom. The molecule has 4 nitrogen and oxygen atoms in total. The van der Waals surface area contributed by atoms with Gasteiger partial charge in [-0.15, -0.1) is 11.3 Å². The molecule has 6 heteroatoms. The number of hydrogen-bond acceptors (Lipinski definition) is 5. The molecule has 0 unspecified atom stereocenters. The van der Waals surface area contributed by atoms with Gasteiger partial charge in [-0.3, -0.25) is 0 Å². The maximum atomic E-state index is 11.9. The number of hydrogen-bond donors (Lipinski definition) is 1. The molecule has 0 atom stereocenters. The highest BCUT2D eigenvalue weighted by atomic mass is 32.2. The van der Waals surface area contributed by atoms with Gasteiger partial charge in [0, 0.05) is 11.4 Å². The van der Waals surface area contributed by atoms with Crippen LogP contribution in [0.4, 0.5) is 0 Å². The third-order valence-electron chi connectivity index (χ3n) is 2.97. The minimum absolute atomic E-state index is 0.0606. The van der Waals surface area contributed by atoms with E-state index in [9.17, 15) is 8.42 Å². The Balaban J connectivity index is 2.64. The molecule has 1 N–H and O–H groups in total. The highest BCUT2D eigenvalue weighted by molar-refractivity contribution is 7.91. The molecule has 0 fully saturated rings. The van der Waals surface area contributed by atoms with Crippen molar-refractivity contribution in [2.75, 3.05) is 6.54 Å². The van der Waals surface area contributed by atoms with E-state index >= 15 is 0 Å². The van der Waals surface area contributed by atoms with Crippen molar-refractivity contribution in [3.63, 3.8) is 0 Å². The van der Waals surface area contributed by atoms with Crippen LogP contribution in [0.1, 0.15) is 49.2 Å². The van der Waals surface area contributed by atoms with Crippen molar-refractivity contribution in [2.45, 2.75) is 58.1 Å². The Kier molecular flexibility index (Phi) is 6.42. The van der Waals surface area contributed by atoms with Gasteiger partial charge in [-0.2, -0.15) is 0 Å². The Labute approximate surface area is 120 Å². The van der Waals surface area contributed by atoms with Gasteiger partial charge in [0.05, 0.1) is 10.9 Å². The Morgan fingerprint density at radius 2 is 2.05 bits per heavy atom. The van der Waals surface area contributed by atoms with Crippen molar-refractivity contribution in [2.24, 2.45) is 0 Å². The maximum absolute atomic E-state index is 11.9. The van der Waals surface area contributed by atoms with Gasteiger partial charge >= 0.3 is 0 Å². The number of thiazole rings is 1. The zero-order chi connectivity index (χ0) is 14.5. The molecular weight excluding hydrogens is 280 g/mol. The van der Waals surface area contributed by atoms with Crippen molar-refractivity contribution in [3.8, 4) is 0 Å². The topological polar surface area (TPSA) is 59.1 Å². The molecule has 0 spiro atoms. The van der Waals surface area contributed by atoms with Gasteiger partial charge in [0.25, 0.3) is 0 Å². The monoisotopic (exact) mass is 304 g/mol. The average Bonchev–Trinajstić information content (AvgIpc) is 2.64. The van der Waals surface area contributed by atoms with E-state index in [2.05, 4.69) is 17.2 Å². The van der Waals surface area contributed by atoms with Gasteiger partial charge in [0.1, 0.15) is 10.8 Å². The minimum atomic E-state index is -3.06. The van der Waals surface area contributed by atoms with Crippen LogP contribution >= 0.6 is 11.3 Å². The van der Waals surface area contributed by atoms with Crippen molar-refractivity contribution < 1.29 is 8.42 Å². The van der Waals surface area contributed by atoms with E-state index in [-0.39, 0.29) is 11.0 Å². The molecule has 0 aromatic carbocycles. The van der Waals surface area contributed by atoms with Crippen molar-refractivity contribution >= 4 is 21.2 Å². The SMILES string of the molecule is CCCCNCc1sc(CS(=O)(=O)C(C)C)nc1C. The Bertz CT molecular complexity index is 493. The predicted octanol–water partition coefficient (Wildman–Crippen LogP) is 2.66. The van der Waals surface area contributed by atoms with Crippen molar-refractivity contribution in [1.29, 1.82) is 0 Å². The first-order valence-electron chi connectivity index (χ1n) is 6.74. The summed E-state index contributed by atoms with van der Waals surface area (Å²) in [6.45, 7) is 9.30. The highest BCUT2D eigenvalue weighted by Crippen LogP contribution is 2.21. The summed E-state index contributed by atoms with van der Waals surface area (Å²) in [4.78, 5) is 5.52. The number of aryl methyl sites for hydroxylation is 1. The van der Waals surface area contributed by atoms with Crippen LogP contribution in [0, 0.1) is 6.92 Å². The largest absolute Gasteiger partial charge is 0.312 e. The molecule has 0 aliphatic rings. The molecule has 0 aliphatic heterocycles. The molecule has 110 valence electrons. The quantitative estimate of drug-likeness (QED) is 0.750. The number of sulfone groups is 1. The molecule has 1 aromatic heterocycles. The maximum Gasteiger partial charge on any atom is 0.159 e. The lowest BCUT2D eigenvalue weighted by molar-refractivity contribution is 0.586. The molecule has 1 aromatic rings. The summed E-state index contributed by atoms with van der Waals surface area (Å²) in [7, 11) is -3.06. The zero-order valence-corrected chi connectivity index (χ0v) is 13.8. The Morgan fingerprint density at radius 3 is 2.63 bits per heavy atom. The predicted molar refractivity (Wildman–Crippen MR) is 81.2 cm³/mol. The lowest BCUT2D eigenvalue weighted by Crippen LogP contribution is -2.15. The van der Waals surface area contributed by atoms with Gasteiger partial charge in [0.2, 0.25) is 0 Å². The van der Waals surface area contributed by atoms with Gasteiger partial charge in [-0.25, -0.2) is 13.4 Å². The third-order valence-corrected chi connectivity index (χ3v) is 6.42. The lowest BCUT2D eigenvalue weighted by atomic mass is 10.3. The second-order valence-electron chi connectivity index (χ2n) is 5.00. The van der Waals surface area contributed by atoms with Crippen LogP contribution in [0.15, 0.2) is 0 Å². The molecule has 0 amide bonds. The first kappa shape index (κ1) is 16.6. The fourth-order valence-electron chi connectivity index (χ4n) is 1.56. The summed E-state index contributed by atoms with van der Waals surface area (Å²) < 4.78 is 23.7. The number of unbranched alkanes of at least 4 members (excludes halogenated alkanes) is 1. The van der Waals surface area contributed by atoms with Gasteiger partial charge < -0.3 is 5.32 Å². The zero-order valence-electron chi connectivity index (χ0n) is 12.2. The molecule has 0 saturated carbocycles. The van der Waals surface area contributed by atoms with Crippen LogP contribution in [0.5, 0.6) is 0 Å². The van der Waals surface area contributed by atoms with Gasteiger partial charge in [-0.1, -0.05) is 13.3 Å². The summed E-state index contributed by atoms with van der Waals surface area (Å²) in [6.07, 6.45) is 2.33. The average molecular weight is 304 g/mol. The molecule has 0 radical (unpaired) electrons. The fraction of sp³-hybridized carbons (Fsp3) is 0.769. The van der Waals surface area contributed by atoms with E-state index in [4.69, 9.17) is 0 Å². The van der Waals surface area contributed by atoms with Crippen LogP contribution in [0.2, 0.25) is 0 Å². The first-order chi connectivity index (χ1) is 8.86. The number of nitrogens with zero attached hydrogens (tertiary/aromatic N) is 1. The fourth-order valence-corrected chi connectivity index (χ4v) is 3.86. The van der Waals surface area contributed by atoms with E-state index in [1.165, 1.54) is 17.8 Å². The lowest BCUT2D eigenvalue weighted by Gasteiger charge is -2.04. The molecule has 1 rings (SSSR count). The standard InChI is InChI=1S/C13H24N2O2S2/c1-5-6-7-14-8-12-11(4)15-13(18-12)9-19(16,17)10(2)3/h10,14H,5-9H2,1-4H3.